The lowest BCUT2D eigenvalue weighted by atomic mass is 10.1. The maximum atomic E-state index is 4.97. The number of benzene rings is 1. The maximum absolute atomic E-state index is 4.97. The highest BCUT2D eigenvalue weighted by Crippen LogP contribution is 2.33. The molecule has 0 bridgehead atoms. The monoisotopic (exact) mass is 466 g/mol. The molecule has 170 valence electrons. The van der Waals surface area contributed by atoms with E-state index in [1.165, 1.54) is 4.88 Å². The van der Waals surface area contributed by atoms with Crippen LogP contribution >= 0.6 is 11.3 Å². The van der Waals surface area contributed by atoms with E-state index in [-0.39, 0.29) is 0 Å². The highest BCUT2D eigenvalue weighted by molar-refractivity contribution is 7.13. The lowest BCUT2D eigenvalue weighted by Gasteiger charge is -2.12. The van der Waals surface area contributed by atoms with Gasteiger partial charge in [0.2, 0.25) is 0 Å². The number of aromatic amines is 2. The van der Waals surface area contributed by atoms with Crippen molar-refractivity contribution in [2.24, 2.45) is 0 Å². The van der Waals surface area contributed by atoms with Crippen molar-refractivity contribution in [3.05, 3.63) is 84.0 Å². The van der Waals surface area contributed by atoms with Crippen LogP contribution in [0.1, 0.15) is 26.5 Å². The lowest BCUT2D eigenvalue weighted by Crippen LogP contribution is -2.20. The number of hydrogen-bond acceptors (Lipinski definition) is 5. The first-order valence-electron chi connectivity index (χ1n) is 11.2. The Balaban J connectivity index is 1.59. The summed E-state index contributed by atoms with van der Waals surface area (Å²) in [6.07, 6.45) is 5.94. The molecule has 7 heteroatoms. The van der Waals surface area contributed by atoms with Crippen LogP contribution in [0.15, 0.2) is 78.3 Å². The van der Waals surface area contributed by atoms with Gasteiger partial charge in [-0.15, -0.1) is 11.3 Å². The van der Waals surface area contributed by atoms with Crippen molar-refractivity contribution in [3.8, 4) is 22.0 Å². The van der Waals surface area contributed by atoms with Gasteiger partial charge in [-0.05, 0) is 68.1 Å². The van der Waals surface area contributed by atoms with Crippen LogP contribution in [0.4, 0.5) is 0 Å². The maximum Gasteiger partial charge on any atom is 0.161 e. The molecule has 4 heterocycles. The standard InChI is InChI=1S/C27H26N6S/c1-5-17(15-18(6-2)28-16(3)4)20-12-13-22-25(29-20)26(33-32-22)27-30-21-10-7-9-19(24(21)31-27)23-11-8-14-34-23/h5-16,28H,2H2,1,3-4H3,(H,30,31)(H,32,33)/b17-5+,18-15+. The number of hydrogen-bond donors (Lipinski definition) is 3. The number of imidazole rings is 1. The predicted octanol–water partition coefficient (Wildman–Crippen LogP) is 6.70. The third-order valence-electron chi connectivity index (χ3n) is 5.52. The SMILES string of the molecule is C=C/C(=C\C(=C/C)c1ccc2[nH]nc(-c3nc4c(-c5cccs5)cccc4[nH]3)c2n1)NC(C)C. The van der Waals surface area contributed by atoms with Gasteiger partial charge in [0, 0.05) is 22.2 Å². The first-order valence-corrected chi connectivity index (χ1v) is 12.1. The number of aromatic nitrogens is 5. The number of H-pyrrole nitrogens is 2. The number of nitrogens with one attached hydrogen (secondary N) is 3. The minimum absolute atomic E-state index is 0.311. The number of thiophene rings is 1. The van der Waals surface area contributed by atoms with Crippen molar-refractivity contribution in [2.75, 3.05) is 0 Å². The first kappa shape index (κ1) is 21.9. The van der Waals surface area contributed by atoms with E-state index >= 15 is 0 Å². The number of nitrogens with zero attached hydrogens (tertiary/aromatic N) is 3. The minimum Gasteiger partial charge on any atom is -0.383 e. The van der Waals surface area contributed by atoms with Gasteiger partial charge in [0.1, 0.15) is 5.52 Å². The molecule has 0 aliphatic carbocycles. The molecule has 0 saturated carbocycles. The molecule has 34 heavy (non-hydrogen) atoms. The molecule has 0 spiro atoms. The molecular formula is C27H26N6S. The van der Waals surface area contributed by atoms with Gasteiger partial charge in [0.05, 0.1) is 22.2 Å². The van der Waals surface area contributed by atoms with E-state index in [1.807, 2.05) is 43.3 Å². The number of pyridine rings is 1. The summed E-state index contributed by atoms with van der Waals surface area (Å²) in [6.45, 7) is 10.1. The van der Waals surface area contributed by atoms with Crippen LogP contribution in [0.3, 0.4) is 0 Å². The van der Waals surface area contributed by atoms with Crippen molar-refractivity contribution in [3.63, 3.8) is 0 Å². The Kier molecular flexibility index (Phi) is 5.86. The third-order valence-corrected chi connectivity index (χ3v) is 6.43. The molecule has 6 nitrogen and oxygen atoms in total. The summed E-state index contributed by atoms with van der Waals surface area (Å²) in [5.41, 5.74) is 8.17. The average molecular weight is 467 g/mol. The Bertz CT molecular complexity index is 1530. The lowest BCUT2D eigenvalue weighted by molar-refractivity contribution is 0.682. The van der Waals surface area contributed by atoms with Gasteiger partial charge in [-0.1, -0.05) is 30.9 Å². The summed E-state index contributed by atoms with van der Waals surface area (Å²) < 4.78 is 0. The molecule has 0 radical (unpaired) electrons. The van der Waals surface area contributed by atoms with Crippen LogP contribution in [0.25, 0.3) is 49.6 Å². The number of allylic oxidation sites excluding steroid dienone is 4. The molecule has 0 fully saturated rings. The summed E-state index contributed by atoms with van der Waals surface area (Å²) in [7, 11) is 0. The summed E-state index contributed by atoms with van der Waals surface area (Å²) in [5, 5.41) is 13.1. The zero-order chi connectivity index (χ0) is 23.7. The predicted molar refractivity (Wildman–Crippen MR) is 142 cm³/mol. The topological polar surface area (TPSA) is 82.3 Å². The normalized spacial score (nSPS) is 12.7. The third kappa shape index (κ3) is 4.06. The summed E-state index contributed by atoms with van der Waals surface area (Å²) in [5.74, 6) is 0.695. The highest BCUT2D eigenvalue weighted by atomic mass is 32.1. The molecule has 0 atom stereocenters. The molecule has 0 amide bonds. The van der Waals surface area contributed by atoms with Crippen LogP contribution in [0.5, 0.6) is 0 Å². The van der Waals surface area contributed by atoms with E-state index in [1.54, 1.807) is 11.3 Å². The zero-order valence-corrected chi connectivity index (χ0v) is 20.2. The van der Waals surface area contributed by atoms with Crippen molar-refractivity contribution < 1.29 is 0 Å². The van der Waals surface area contributed by atoms with Crippen molar-refractivity contribution in [2.45, 2.75) is 26.8 Å². The summed E-state index contributed by atoms with van der Waals surface area (Å²) >= 11 is 1.71. The fourth-order valence-electron chi connectivity index (χ4n) is 3.97. The molecule has 3 N–H and O–H groups in total. The molecule has 0 unspecified atom stereocenters. The molecule has 0 aliphatic rings. The second-order valence-corrected chi connectivity index (χ2v) is 9.22. The zero-order valence-electron chi connectivity index (χ0n) is 19.4. The minimum atomic E-state index is 0.311. The van der Waals surface area contributed by atoms with E-state index in [2.05, 4.69) is 70.6 Å². The summed E-state index contributed by atoms with van der Waals surface area (Å²) in [6, 6.07) is 14.7. The molecule has 0 saturated heterocycles. The van der Waals surface area contributed by atoms with Gasteiger partial charge in [0.25, 0.3) is 0 Å². The number of rotatable bonds is 7. The van der Waals surface area contributed by atoms with Gasteiger partial charge in [-0.2, -0.15) is 5.10 Å². The van der Waals surface area contributed by atoms with Crippen LogP contribution in [0.2, 0.25) is 0 Å². The van der Waals surface area contributed by atoms with Gasteiger partial charge < -0.3 is 10.3 Å². The Hall–Kier alpha value is -3.97. The number of para-hydroxylation sites is 1. The molecule has 1 aromatic carbocycles. The second-order valence-electron chi connectivity index (χ2n) is 8.28. The second kappa shape index (κ2) is 9.11. The molecule has 5 rings (SSSR count). The molecule has 5 aromatic rings. The van der Waals surface area contributed by atoms with Gasteiger partial charge >= 0.3 is 0 Å². The van der Waals surface area contributed by atoms with E-state index in [4.69, 9.17) is 9.97 Å². The summed E-state index contributed by atoms with van der Waals surface area (Å²) in [4.78, 5) is 14.5. The van der Waals surface area contributed by atoms with Crippen molar-refractivity contribution in [1.29, 1.82) is 0 Å². The molecular weight excluding hydrogens is 440 g/mol. The van der Waals surface area contributed by atoms with Gasteiger partial charge in [0.15, 0.2) is 11.5 Å². The Morgan fingerprint density at radius 2 is 1.94 bits per heavy atom. The smallest absolute Gasteiger partial charge is 0.161 e. The van der Waals surface area contributed by atoms with Crippen LogP contribution < -0.4 is 5.32 Å². The Morgan fingerprint density at radius 1 is 1.06 bits per heavy atom. The van der Waals surface area contributed by atoms with E-state index in [0.717, 1.165) is 44.6 Å². The fourth-order valence-corrected chi connectivity index (χ4v) is 4.72. The Morgan fingerprint density at radius 3 is 2.68 bits per heavy atom. The largest absolute Gasteiger partial charge is 0.383 e. The first-order chi connectivity index (χ1) is 16.6. The molecule has 4 aromatic heterocycles. The number of fused-ring (bicyclic) bond motifs is 2. The Labute approximate surface area is 202 Å². The van der Waals surface area contributed by atoms with E-state index in [9.17, 15) is 0 Å². The van der Waals surface area contributed by atoms with Crippen molar-refractivity contribution in [1.82, 2.24) is 30.5 Å². The van der Waals surface area contributed by atoms with Gasteiger partial charge in [-0.3, -0.25) is 5.10 Å². The van der Waals surface area contributed by atoms with E-state index < -0.39 is 0 Å². The van der Waals surface area contributed by atoms with Crippen LogP contribution in [-0.4, -0.2) is 31.2 Å². The van der Waals surface area contributed by atoms with Crippen LogP contribution in [0, 0.1) is 0 Å². The fraction of sp³-hybridized carbons (Fsp3) is 0.148. The van der Waals surface area contributed by atoms with E-state index in [0.29, 0.717) is 17.6 Å². The highest BCUT2D eigenvalue weighted by Gasteiger charge is 2.17. The van der Waals surface area contributed by atoms with Crippen molar-refractivity contribution >= 4 is 39.0 Å². The van der Waals surface area contributed by atoms with Gasteiger partial charge in [-0.25, -0.2) is 9.97 Å². The van der Waals surface area contributed by atoms with Crippen LogP contribution in [-0.2, 0) is 0 Å². The quantitative estimate of drug-likeness (QED) is 0.233. The average Bonchev–Trinajstić information content (AvgIpc) is 3.59. The molecule has 0 aliphatic heterocycles.